The monoisotopic (exact) mass is 397 g/mol. The highest BCUT2D eigenvalue weighted by Gasteiger charge is 2.39. The van der Waals surface area contributed by atoms with Crippen LogP contribution in [-0.4, -0.2) is 50.1 Å². The first-order chi connectivity index (χ1) is 12.2. The first-order valence-corrected chi connectivity index (χ1v) is 10.4. The summed E-state index contributed by atoms with van der Waals surface area (Å²) in [6.45, 7) is -0.511. The molecule has 1 fully saturated rings. The van der Waals surface area contributed by atoms with Crippen molar-refractivity contribution >= 4 is 25.7 Å². The van der Waals surface area contributed by atoms with Crippen molar-refractivity contribution < 1.29 is 21.8 Å². The number of nitrogens with zero attached hydrogens (tertiary/aromatic N) is 3. The van der Waals surface area contributed by atoms with Gasteiger partial charge in [0.1, 0.15) is 0 Å². The zero-order chi connectivity index (χ0) is 18.9. The molecule has 3 rings (SSSR count). The third-order valence-corrected chi connectivity index (χ3v) is 7.70. The number of nitro benzene ring substituents is 1. The van der Waals surface area contributed by atoms with Crippen LogP contribution >= 0.6 is 0 Å². The van der Waals surface area contributed by atoms with E-state index in [1.165, 1.54) is 24.3 Å². The quantitative estimate of drug-likeness (QED) is 0.553. The van der Waals surface area contributed by atoms with Crippen LogP contribution in [0.1, 0.15) is 0 Å². The number of sulfonamides is 2. The molecular formula is C15H15N3O6S2. The molecular weight excluding hydrogens is 382 g/mol. The summed E-state index contributed by atoms with van der Waals surface area (Å²) in [5.41, 5.74) is -0.545. The minimum atomic E-state index is -4.20. The largest absolute Gasteiger partial charge is 0.289 e. The van der Waals surface area contributed by atoms with Crippen molar-refractivity contribution in [1.82, 2.24) is 8.61 Å². The van der Waals surface area contributed by atoms with Crippen molar-refractivity contribution in [2.45, 2.75) is 9.79 Å². The van der Waals surface area contributed by atoms with E-state index in [0.717, 1.165) is 20.7 Å². The van der Waals surface area contributed by atoms with Crippen LogP contribution in [0.4, 0.5) is 5.69 Å². The lowest BCUT2D eigenvalue weighted by Gasteiger charge is -2.18. The summed E-state index contributed by atoms with van der Waals surface area (Å²) in [5.74, 6) is 0. The van der Waals surface area contributed by atoms with E-state index >= 15 is 0 Å². The van der Waals surface area contributed by atoms with Gasteiger partial charge in [-0.05, 0) is 18.2 Å². The molecule has 138 valence electrons. The van der Waals surface area contributed by atoms with Crippen LogP contribution in [0.25, 0.3) is 0 Å². The third kappa shape index (κ3) is 3.21. The van der Waals surface area contributed by atoms with E-state index in [0.29, 0.717) is 0 Å². The molecule has 0 radical (unpaired) electrons. The second kappa shape index (κ2) is 6.76. The fourth-order valence-corrected chi connectivity index (χ4v) is 5.67. The fourth-order valence-electron chi connectivity index (χ4n) is 2.64. The molecule has 0 saturated carbocycles. The SMILES string of the molecule is O=[N+]([O-])c1ccccc1S(=O)(=O)N1CCN(S(=O)(=O)c2ccccc2)C1. The first-order valence-electron chi connectivity index (χ1n) is 7.53. The molecule has 9 nitrogen and oxygen atoms in total. The number of hydrogen-bond donors (Lipinski definition) is 0. The van der Waals surface area contributed by atoms with Gasteiger partial charge in [-0.3, -0.25) is 10.1 Å². The Labute approximate surface area is 150 Å². The maximum Gasteiger partial charge on any atom is 0.289 e. The van der Waals surface area contributed by atoms with Gasteiger partial charge in [0.25, 0.3) is 15.7 Å². The Morgan fingerprint density at radius 3 is 1.96 bits per heavy atom. The van der Waals surface area contributed by atoms with Gasteiger partial charge in [0.2, 0.25) is 10.0 Å². The molecule has 0 unspecified atom stereocenters. The molecule has 0 aromatic heterocycles. The van der Waals surface area contributed by atoms with E-state index < -0.39 is 42.2 Å². The Kier molecular flexibility index (Phi) is 4.80. The van der Waals surface area contributed by atoms with Crippen LogP contribution in [0.15, 0.2) is 64.4 Å². The number of rotatable bonds is 5. The average Bonchev–Trinajstić information content (AvgIpc) is 3.14. The van der Waals surface area contributed by atoms with Gasteiger partial charge in [-0.1, -0.05) is 30.3 Å². The lowest BCUT2D eigenvalue weighted by Crippen LogP contribution is -2.34. The smallest absolute Gasteiger partial charge is 0.258 e. The minimum Gasteiger partial charge on any atom is -0.258 e. The molecule has 0 spiro atoms. The topological polar surface area (TPSA) is 118 Å². The van der Waals surface area contributed by atoms with E-state index in [1.807, 2.05) is 0 Å². The second-order valence-corrected chi connectivity index (χ2v) is 9.38. The summed E-state index contributed by atoms with van der Waals surface area (Å²) in [7, 11) is -8.05. The number of benzene rings is 2. The lowest BCUT2D eigenvalue weighted by molar-refractivity contribution is -0.387. The summed E-state index contributed by atoms with van der Waals surface area (Å²) < 4.78 is 52.7. The number of nitro groups is 1. The molecule has 0 aliphatic carbocycles. The van der Waals surface area contributed by atoms with Crippen molar-refractivity contribution in [3.63, 3.8) is 0 Å². The van der Waals surface area contributed by atoms with Gasteiger partial charge < -0.3 is 0 Å². The molecule has 1 heterocycles. The second-order valence-electron chi connectivity index (χ2n) is 5.54. The molecule has 1 saturated heterocycles. The van der Waals surface area contributed by atoms with Gasteiger partial charge in [-0.15, -0.1) is 0 Å². The molecule has 1 aliphatic rings. The van der Waals surface area contributed by atoms with E-state index in [4.69, 9.17) is 0 Å². The van der Waals surface area contributed by atoms with Gasteiger partial charge in [-0.25, -0.2) is 16.8 Å². The normalized spacial score (nSPS) is 16.6. The van der Waals surface area contributed by atoms with Crippen LogP contribution in [0, 0.1) is 10.1 Å². The summed E-state index contributed by atoms with van der Waals surface area (Å²) in [6, 6.07) is 12.7. The van der Waals surface area contributed by atoms with Gasteiger partial charge >= 0.3 is 0 Å². The maximum atomic E-state index is 12.8. The zero-order valence-corrected chi connectivity index (χ0v) is 15.1. The first kappa shape index (κ1) is 18.5. The van der Waals surface area contributed by atoms with Crippen LogP contribution in [0.5, 0.6) is 0 Å². The van der Waals surface area contributed by atoms with Crippen molar-refractivity contribution in [2.24, 2.45) is 0 Å². The molecule has 26 heavy (non-hydrogen) atoms. The van der Waals surface area contributed by atoms with Gasteiger partial charge in [0.05, 0.1) is 16.5 Å². The summed E-state index contributed by atoms with van der Waals surface area (Å²) in [6.07, 6.45) is 0. The zero-order valence-electron chi connectivity index (χ0n) is 13.4. The van der Waals surface area contributed by atoms with E-state index in [9.17, 15) is 26.9 Å². The Bertz CT molecular complexity index is 1040. The molecule has 0 N–H and O–H groups in total. The van der Waals surface area contributed by atoms with Gasteiger partial charge in [0.15, 0.2) is 4.90 Å². The summed E-state index contributed by atoms with van der Waals surface area (Å²) in [4.78, 5) is 9.94. The lowest BCUT2D eigenvalue weighted by atomic mass is 10.3. The fraction of sp³-hybridized carbons (Fsp3) is 0.200. The highest BCUT2D eigenvalue weighted by molar-refractivity contribution is 7.90. The van der Waals surface area contributed by atoms with Crippen LogP contribution in [0.3, 0.4) is 0 Å². The number of hydrogen-bond acceptors (Lipinski definition) is 6. The molecule has 2 aromatic rings. The van der Waals surface area contributed by atoms with Crippen LogP contribution in [-0.2, 0) is 20.0 Å². The standard InChI is InChI=1S/C15H15N3O6S2/c19-18(20)14-8-4-5-9-15(14)26(23,24)17-11-10-16(12-17)25(21,22)13-6-2-1-3-7-13/h1-9H,10-12H2. The van der Waals surface area contributed by atoms with Crippen molar-refractivity contribution in [1.29, 1.82) is 0 Å². The molecule has 2 aromatic carbocycles. The van der Waals surface area contributed by atoms with Crippen molar-refractivity contribution in [3.05, 3.63) is 64.7 Å². The predicted octanol–water partition coefficient (Wildman–Crippen LogP) is 1.25. The maximum absolute atomic E-state index is 12.8. The van der Waals surface area contributed by atoms with Crippen molar-refractivity contribution in [3.8, 4) is 0 Å². The Morgan fingerprint density at radius 2 is 1.35 bits per heavy atom. The molecule has 0 amide bonds. The van der Waals surface area contributed by atoms with E-state index in [2.05, 4.69) is 0 Å². The molecule has 11 heteroatoms. The predicted molar refractivity (Wildman–Crippen MR) is 92.2 cm³/mol. The van der Waals surface area contributed by atoms with Crippen LogP contribution in [0.2, 0.25) is 0 Å². The van der Waals surface area contributed by atoms with E-state index in [-0.39, 0.29) is 18.0 Å². The third-order valence-electron chi connectivity index (χ3n) is 3.98. The molecule has 0 atom stereocenters. The minimum absolute atomic E-state index is 0.0307. The Morgan fingerprint density at radius 1 is 0.808 bits per heavy atom. The Balaban J connectivity index is 1.91. The number of para-hydroxylation sites is 1. The Hall–Kier alpha value is -2.34. The van der Waals surface area contributed by atoms with Gasteiger partial charge in [-0.2, -0.15) is 8.61 Å². The average molecular weight is 397 g/mol. The van der Waals surface area contributed by atoms with Crippen molar-refractivity contribution in [2.75, 3.05) is 19.8 Å². The van der Waals surface area contributed by atoms with Crippen LogP contribution < -0.4 is 0 Å². The summed E-state index contributed by atoms with van der Waals surface area (Å²) in [5, 5.41) is 11.1. The molecule has 0 bridgehead atoms. The highest BCUT2D eigenvalue weighted by Crippen LogP contribution is 2.29. The molecule has 1 aliphatic heterocycles. The van der Waals surface area contributed by atoms with Gasteiger partial charge in [0, 0.05) is 19.2 Å². The highest BCUT2D eigenvalue weighted by atomic mass is 32.2. The summed E-state index contributed by atoms with van der Waals surface area (Å²) >= 11 is 0. The van der Waals surface area contributed by atoms with E-state index in [1.54, 1.807) is 18.2 Å².